The Morgan fingerprint density at radius 3 is 2.69 bits per heavy atom. The van der Waals surface area contributed by atoms with Gasteiger partial charge in [0, 0.05) is 6.54 Å². The zero-order chi connectivity index (χ0) is 11.4. The first kappa shape index (κ1) is 10.7. The van der Waals surface area contributed by atoms with E-state index < -0.39 is 0 Å². The van der Waals surface area contributed by atoms with Crippen LogP contribution in [0, 0.1) is 11.3 Å². The Morgan fingerprint density at radius 1 is 1.50 bits per heavy atom. The van der Waals surface area contributed by atoms with Crippen molar-refractivity contribution in [2.45, 2.75) is 19.0 Å². The summed E-state index contributed by atoms with van der Waals surface area (Å²) in [6.07, 6.45) is 0.916. The second-order valence-electron chi connectivity index (χ2n) is 3.82. The first-order valence-corrected chi connectivity index (χ1v) is 5.30. The fraction of sp³-hybridized carbons (Fsp3) is 0.333. The molecule has 2 rings (SSSR count). The van der Waals surface area contributed by atoms with Crippen LogP contribution in [0.2, 0.25) is 0 Å². The van der Waals surface area contributed by atoms with Crippen molar-refractivity contribution in [3.63, 3.8) is 0 Å². The van der Waals surface area contributed by atoms with Gasteiger partial charge in [-0.1, -0.05) is 12.1 Å². The topological polar surface area (TPSA) is 64.9 Å². The van der Waals surface area contributed by atoms with Gasteiger partial charge in [-0.2, -0.15) is 5.26 Å². The molecule has 16 heavy (non-hydrogen) atoms. The minimum Gasteiger partial charge on any atom is -0.351 e. The second-order valence-corrected chi connectivity index (χ2v) is 3.82. The summed E-state index contributed by atoms with van der Waals surface area (Å²) in [6, 6.07) is 9.26. The van der Waals surface area contributed by atoms with Crippen LogP contribution in [0.1, 0.15) is 17.5 Å². The van der Waals surface area contributed by atoms with E-state index in [4.69, 9.17) is 5.26 Å². The van der Waals surface area contributed by atoms with Gasteiger partial charge in [-0.3, -0.25) is 4.79 Å². The Hall–Kier alpha value is -1.86. The Morgan fingerprint density at radius 2 is 2.19 bits per heavy atom. The Balaban J connectivity index is 1.84. The summed E-state index contributed by atoms with van der Waals surface area (Å²) in [5.74, 6) is 0.0515. The lowest BCUT2D eigenvalue weighted by Gasteiger charge is -2.26. The number of nitrogens with zero attached hydrogens (tertiary/aromatic N) is 1. The zero-order valence-corrected chi connectivity index (χ0v) is 8.86. The van der Waals surface area contributed by atoms with Gasteiger partial charge in [0.15, 0.2) is 0 Å². The number of amides is 1. The van der Waals surface area contributed by atoms with Crippen LogP contribution in [0.25, 0.3) is 0 Å². The molecule has 1 aliphatic heterocycles. The van der Waals surface area contributed by atoms with Crippen molar-refractivity contribution in [2.24, 2.45) is 0 Å². The summed E-state index contributed by atoms with van der Waals surface area (Å²) in [4.78, 5) is 11.5. The monoisotopic (exact) mass is 215 g/mol. The summed E-state index contributed by atoms with van der Waals surface area (Å²) in [5.41, 5.74) is 1.64. The molecule has 4 nitrogen and oxygen atoms in total. The third kappa shape index (κ3) is 2.38. The molecule has 2 N–H and O–H groups in total. The molecule has 1 heterocycles. The van der Waals surface area contributed by atoms with Crippen LogP contribution in [-0.2, 0) is 11.3 Å². The number of nitrogens with one attached hydrogen (secondary N) is 2. The van der Waals surface area contributed by atoms with Gasteiger partial charge in [-0.05, 0) is 30.7 Å². The summed E-state index contributed by atoms with van der Waals surface area (Å²) in [6.45, 7) is 1.44. The lowest BCUT2D eigenvalue weighted by Crippen LogP contribution is -2.52. The van der Waals surface area contributed by atoms with E-state index in [0.717, 1.165) is 18.5 Å². The predicted molar refractivity (Wildman–Crippen MR) is 59.4 cm³/mol. The summed E-state index contributed by atoms with van der Waals surface area (Å²) in [5, 5.41) is 14.5. The molecular formula is C12H13N3O. The highest BCUT2D eigenvalue weighted by molar-refractivity contribution is 5.82. The van der Waals surface area contributed by atoms with Gasteiger partial charge in [0.25, 0.3) is 0 Å². The van der Waals surface area contributed by atoms with Gasteiger partial charge in [-0.25, -0.2) is 0 Å². The van der Waals surface area contributed by atoms with Crippen LogP contribution >= 0.6 is 0 Å². The molecule has 1 amide bonds. The maximum absolute atomic E-state index is 11.5. The van der Waals surface area contributed by atoms with Crippen LogP contribution in [0.4, 0.5) is 0 Å². The lowest BCUT2D eigenvalue weighted by atomic mass is 10.1. The largest absolute Gasteiger partial charge is 0.351 e. The Labute approximate surface area is 94.3 Å². The summed E-state index contributed by atoms with van der Waals surface area (Å²) < 4.78 is 0. The summed E-state index contributed by atoms with van der Waals surface area (Å²) in [7, 11) is 0. The molecule has 1 aromatic carbocycles. The maximum Gasteiger partial charge on any atom is 0.237 e. The van der Waals surface area contributed by atoms with Crippen LogP contribution in [-0.4, -0.2) is 18.5 Å². The number of rotatable bonds is 3. The number of carbonyl (C=O) groups excluding carboxylic acids is 1. The molecule has 82 valence electrons. The van der Waals surface area contributed by atoms with E-state index in [1.54, 1.807) is 12.1 Å². The van der Waals surface area contributed by atoms with Crippen molar-refractivity contribution in [1.82, 2.24) is 10.6 Å². The third-order valence-corrected chi connectivity index (χ3v) is 2.69. The van der Waals surface area contributed by atoms with Crippen molar-refractivity contribution in [3.8, 4) is 6.07 Å². The van der Waals surface area contributed by atoms with Gasteiger partial charge >= 0.3 is 0 Å². The SMILES string of the molecule is N#Cc1ccc(CNC(=O)C2CCN2)cc1. The lowest BCUT2D eigenvalue weighted by molar-refractivity contribution is -0.124. The number of benzene rings is 1. The fourth-order valence-corrected chi connectivity index (χ4v) is 1.52. The molecule has 1 aromatic rings. The van der Waals surface area contributed by atoms with Gasteiger partial charge < -0.3 is 10.6 Å². The van der Waals surface area contributed by atoms with E-state index in [2.05, 4.69) is 16.7 Å². The molecule has 4 heteroatoms. The van der Waals surface area contributed by atoms with Crippen LogP contribution in [0.3, 0.4) is 0 Å². The van der Waals surface area contributed by atoms with Crippen molar-refractivity contribution in [2.75, 3.05) is 6.54 Å². The molecule has 0 radical (unpaired) electrons. The van der Waals surface area contributed by atoms with E-state index in [1.165, 1.54) is 0 Å². The second kappa shape index (κ2) is 4.77. The van der Waals surface area contributed by atoms with Crippen molar-refractivity contribution in [1.29, 1.82) is 5.26 Å². The average Bonchev–Trinajstić information content (AvgIpc) is 2.25. The predicted octanol–water partition coefficient (Wildman–Crippen LogP) is 0.536. The van der Waals surface area contributed by atoms with Gasteiger partial charge in [-0.15, -0.1) is 0 Å². The molecule has 0 bridgehead atoms. The molecule has 1 aliphatic rings. The molecule has 1 saturated heterocycles. The highest BCUT2D eigenvalue weighted by Gasteiger charge is 2.23. The van der Waals surface area contributed by atoms with E-state index in [1.807, 2.05) is 12.1 Å². The number of nitriles is 1. The van der Waals surface area contributed by atoms with E-state index in [-0.39, 0.29) is 11.9 Å². The molecule has 1 unspecified atom stereocenters. The van der Waals surface area contributed by atoms with Crippen LogP contribution in [0.15, 0.2) is 24.3 Å². The van der Waals surface area contributed by atoms with Crippen molar-refractivity contribution < 1.29 is 4.79 Å². The first-order chi connectivity index (χ1) is 7.79. The average molecular weight is 215 g/mol. The number of hydrogen-bond acceptors (Lipinski definition) is 3. The molecule has 1 fully saturated rings. The smallest absolute Gasteiger partial charge is 0.237 e. The molecule has 0 saturated carbocycles. The minimum atomic E-state index is -0.0154. The molecule has 0 aliphatic carbocycles. The summed E-state index contributed by atoms with van der Waals surface area (Å²) >= 11 is 0. The van der Waals surface area contributed by atoms with E-state index in [0.29, 0.717) is 12.1 Å². The maximum atomic E-state index is 11.5. The third-order valence-electron chi connectivity index (χ3n) is 2.69. The molecule has 0 spiro atoms. The van der Waals surface area contributed by atoms with Gasteiger partial charge in [0.1, 0.15) is 0 Å². The van der Waals surface area contributed by atoms with Crippen molar-refractivity contribution >= 4 is 5.91 Å². The number of carbonyl (C=O) groups is 1. The molecular weight excluding hydrogens is 202 g/mol. The number of hydrogen-bond donors (Lipinski definition) is 2. The standard InChI is InChI=1S/C12H13N3O/c13-7-9-1-3-10(4-2-9)8-15-12(16)11-5-6-14-11/h1-4,11,14H,5-6,8H2,(H,15,16). The fourth-order valence-electron chi connectivity index (χ4n) is 1.52. The quantitative estimate of drug-likeness (QED) is 0.773. The van der Waals surface area contributed by atoms with E-state index in [9.17, 15) is 4.79 Å². The van der Waals surface area contributed by atoms with Gasteiger partial charge in [0.2, 0.25) is 5.91 Å². The Bertz CT molecular complexity index is 415. The molecule has 1 atom stereocenters. The molecule has 0 aromatic heterocycles. The normalized spacial score (nSPS) is 18.3. The highest BCUT2D eigenvalue weighted by Crippen LogP contribution is 2.05. The first-order valence-electron chi connectivity index (χ1n) is 5.30. The Kier molecular flexibility index (Phi) is 3.18. The van der Waals surface area contributed by atoms with Crippen LogP contribution in [0.5, 0.6) is 0 Å². The highest BCUT2D eigenvalue weighted by atomic mass is 16.2. The van der Waals surface area contributed by atoms with Crippen LogP contribution < -0.4 is 10.6 Å². The van der Waals surface area contributed by atoms with Crippen molar-refractivity contribution in [3.05, 3.63) is 35.4 Å². The zero-order valence-electron chi connectivity index (χ0n) is 8.86. The van der Waals surface area contributed by atoms with Gasteiger partial charge in [0.05, 0.1) is 17.7 Å². The minimum absolute atomic E-state index is 0.0154. The van der Waals surface area contributed by atoms with E-state index >= 15 is 0 Å².